The summed E-state index contributed by atoms with van der Waals surface area (Å²) < 4.78 is 0. The highest BCUT2D eigenvalue weighted by molar-refractivity contribution is 6.06. The first-order valence-corrected chi connectivity index (χ1v) is 6.58. The Hall–Kier alpha value is -2.42. The fourth-order valence-electron chi connectivity index (χ4n) is 1.99. The van der Waals surface area contributed by atoms with E-state index in [0.29, 0.717) is 24.9 Å². The van der Waals surface area contributed by atoms with Crippen LogP contribution in [0.25, 0.3) is 0 Å². The molecule has 0 N–H and O–H groups in total. The topological polar surface area (TPSA) is 37.4 Å². The second-order valence-corrected chi connectivity index (χ2v) is 4.69. The Kier molecular flexibility index (Phi) is 4.66. The van der Waals surface area contributed by atoms with E-state index in [9.17, 15) is 9.59 Å². The molecule has 0 spiro atoms. The average Bonchev–Trinajstić information content (AvgIpc) is 2.49. The van der Waals surface area contributed by atoms with Gasteiger partial charge in [0.05, 0.1) is 5.69 Å². The SMILES string of the molecule is Cc1ccc(N(C=O)C(=O)CCc2ccccc2)cc1. The number of hydrogen-bond acceptors (Lipinski definition) is 2. The minimum Gasteiger partial charge on any atom is -0.278 e. The standard InChI is InChI=1S/C17H17NO2/c1-14-7-10-16(11-8-14)18(13-19)17(20)12-9-15-5-3-2-4-6-15/h2-8,10-11,13H,9,12H2,1H3. The van der Waals surface area contributed by atoms with Gasteiger partial charge in [-0.1, -0.05) is 48.0 Å². The highest BCUT2D eigenvalue weighted by atomic mass is 16.2. The number of rotatable bonds is 5. The number of benzene rings is 2. The van der Waals surface area contributed by atoms with Gasteiger partial charge in [0, 0.05) is 6.42 Å². The van der Waals surface area contributed by atoms with E-state index in [1.54, 1.807) is 12.1 Å². The van der Waals surface area contributed by atoms with Crippen molar-refractivity contribution in [2.24, 2.45) is 0 Å². The van der Waals surface area contributed by atoms with E-state index in [1.807, 2.05) is 49.4 Å². The van der Waals surface area contributed by atoms with Crippen LogP contribution in [0.2, 0.25) is 0 Å². The first-order chi connectivity index (χ1) is 9.70. The van der Waals surface area contributed by atoms with Crippen LogP contribution in [0, 0.1) is 6.92 Å². The molecule has 3 nitrogen and oxygen atoms in total. The zero-order chi connectivity index (χ0) is 14.4. The fourth-order valence-corrected chi connectivity index (χ4v) is 1.99. The van der Waals surface area contributed by atoms with Gasteiger partial charge in [-0.25, -0.2) is 0 Å². The minimum absolute atomic E-state index is 0.187. The summed E-state index contributed by atoms with van der Waals surface area (Å²) in [6, 6.07) is 17.1. The zero-order valence-electron chi connectivity index (χ0n) is 11.5. The molecule has 0 aliphatic carbocycles. The molecule has 2 aromatic rings. The van der Waals surface area contributed by atoms with Crippen LogP contribution in [0.1, 0.15) is 17.5 Å². The van der Waals surface area contributed by atoms with E-state index in [1.165, 1.54) is 4.90 Å². The number of aryl methyl sites for hydroxylation is 2. The zero-order valence-corrected chi connectivity index (χ0v) is 11.5. The normalized spacial score (nSPS) is 10.1. The van der Waals surface area contributed by atoms with Crippen molar-refractivity contribution in [1.29, 1.82) is 0 Å². The Labute approximate surface area is 118 Å². The molecule has 0 atom stereocenters. The molecule has 0 radical (unpaired) electrons. The van der Waals surface area contributed by atoms with Crippen LogP contribution in [0.5, 0.6) is 0 Å². The molecule has 0 unspecified atom stereocenters. The van der Waals surface area contributed by atoms with Gasteiger partial charge in [0.1, 0.15) is 0 Å². The van der Waals surface area contributed by atoms with Crippen molar-refractivity contribution in [3.05, 3.63) is 65.7 Å². The fraction of sp³-hybridized carbons (Fsp3) is 0.176. The number of amides is 2. The van der Waals surface area contributed by atoms with Gasteiger partial charge in [-0.15, -0.1) is 0 Å². The molecule has 0 saturated carbocycles. The minimum atomic E-state index is -0.187. The summed E-state index contributed by atoms with van der Waals surface area (Å²) in [5, 5.41) is 0. The second-order valence-electron chi connectivity index (χ2n) is 4.69. The van der Waals surface area contributed by atoms with Gasteiger partial charge in [-0.3, -0.25) is 14.5 Å². The molecule has 3 heteroatoms. The molecule has 20 heavy (non-hydrogen) atoms. The third kappa shape index (κ3) is 3.54. The quantitative estimate of drug-likeness (QED) is 0.780. The van der Waals surface area contributed by atoms with Crippen LogP contribution in [-0.2, 0) is 16.0 Å². The number of carbonyl (C=O) groups is 2. The van der Waals surface area contributed by atoms with Crippen molar-refractivity contribution in [2.75, 3.05) is 4.90 Å². The molecule has 0 aliphatic heterocycles. The van der Waals surface area contributed by atoms with Gasteiger partial charge in [0.25, 0.3) is 0 Å². The van der Waals surface area contributed by atoms with Gasteiger partial charge in [0.15, 0.2) is 0 Å². The maximum absolute atomic E-state index is 12.1. The largest absolute Gasteiger partial charge is 0.278 e. The van der Waals surface area contributed by atoms with Crippen LogP contribution in [0.15, 0.2) is 54.6 Å². The Bertz CT molecular complexity index is 576. The Morgan fingerprint density at radius 1 is 1.05 bits per heavy atom. The highest BCUT2D eigenvalue weighted by Gasteiger charge is 2.14. The molecule has 0 bridgehead atoms. The van der Waals surface area contributed by atoms with E-state index >= 15 is 0 Å². The lowest BCUT2D eigenvalue weighted by molar-refractivity contribution is -0.121. The maximum Gasteiger partial charge on any atom is 0.233 e. The number of anilines is 1. The first kappa shape index (κ1) is 14.0. The van der Waals surface area contributed by atoms with Gasteiger partial charge >= 0.3 is 0 Å². The third-order valence-electron chi connectivity index (χ3n) is 3.16. The van der Waals surface area contributed by atoms with E-state index in [4.69, 9.17) is 0 Å². The summed E-state index contributed by atoms with van der Waals surface area (Å²) in [7, 11) is 0. The first-order valence-electron chi connectivity index (χ1n) is 6.58. The second kappa shape index (κ2) is 6.66. The van der Waals surface area contributed by atoms with Gasteiger partial charge in [-0.2, -0.15) is 0 Å². The van der Waals surface area contributed by atoms with Crippen molar-refractivity contribution in [3.63, 3.8) is 0 Å². The molecule has 0 aromatic heterocycles. The number of nitrogens with zero attached hydrogens (tertiary/aromatic N) is 1. The maximum atomic E-state index is 12.1. The molecule has 102 valence electrons. The van der Waals surface area contributed by atoms with Gasteiger partial charge < -0.3 is 0 Å². The van der Waals surface area contributed by atoms with Crippen LogP contribution < -0.4 is 4.90 Å². The predicted octanol–water partition coefficient (Wildman–Crippen LogP) is 3.12. The summed E-state index contributed by atoms with van der Waals surface area (Å²) in [6.07, 6.45) is 1.53. The van der Waals surface area contributed by atoms with E-state index in [-0.39, 0.29) is 5.91 Å². The molecular weight excluding hydrogens is 250 g/mol. The van der Waals surface area contributed by atoms with Gasteiger partial charge in [0.2, 0.25) is 12.3 Å². The van der Waals surface area contributed by atoms with E-state index < -0.39 is 0 Å². The Morgan fingerprint density at radius 3 is 2.30 bits per heavy atom. The lowest BCUT2D eigenvalue weighted by Gasteiger charge is -2.15. The lowest BCUT2D eigenvalue weighted by atomic mass is 10.1. The van der Waals surface area contributed by atoms with E-state index in [0.717, 1.165) is 11.1 Å². The third-order valence-corrected chi connectivity index (χ3v) is 3.16. The molecule has 2 rings (SSSR count). The number of imide groups is 1. The van der Waals surface area contributed by atoms with Crippen LogP contribution in [0.4, 0.5) is 5.69 Å². The summed E-state index contributed by atoms with van der Waals surface area (Å²) >= 11 is 0. The smallest absolute Gasteiger partial charge is 0.233 e. The summed E-state index contributed by atoms with van der Waals surface area (Å²) in [4.78, 5) is 24.4. The van der Waals surface area contributed by atoms with Crippen molar-refractivity contribution < 1.29 is 9.59 Å². The van der Waals surface area contributed by atoms with Crippen molar-refractivity contribution in [1.82, 2.24) is 0 Å². The van der Waals surface area contributed by atoms with Crippen LogP contribution in [0.3, 0.4) is 0 Å². The monoisotopic (exact) mass is 267 g/mol. The van der Waals surface area contributed by atoms with E-state index in [2.05, 4.69) is 0 Å². The Balaban J connectivity index is 2.02. The number of carbonyl (C=O) groups excluding carboxylic acids is 2. The molecule has 0 aliphatic rings. The molecular formula is C17H17NO2. The summed E-state index contributed by atoms with van der Waals surface area (Å²) in [5.74, 6) is -0.187. The Morgan fingerprint density at radius 2 is 1.70 bits per heavy atom. The van der Waals surface area contributed by atoms with Gasteiger partial charge in [-0.05, 0) is 31.0 Å². The van der Waals surface area contributed by atoms with Crippen molar-refractivity contribution >= 4 is 18.0 Å². The van der Waals surface area contributed by atoms with Crippen LogP contribution in [-0.4, -0.2) is 12.3 Å². The molecule has 2 amide bonds. The number of hydrogen-bond donors (Lipinski definition) is 0. The summed E-state index contributed by atoms with van der Waals surface area (Å²) in [6.45, 7) is 1.96. The molecule has 2 aromatic carbocycles. The predicted molar refractivity (Wildman–Crippen MR) is 79.5 cm³/mol. The van der Waals surface area contributed by atoms with Crippen LogP contribution >= 0.6 is 0 Å². The van der Waals surface area contributed by atoms with Crippen molar-refractivity contribution in [3.8, 4) is 0 Å². The molecule has 0 saturated heterocycles. The molecule has 0 fully saturated rings. The lowest BCUT2D eigenvalue weighted by Crippen LogP contribution is -2.29. The summed E-state index contributed by atoms with van der Waals surface area (Å²) in [5.41, 5.74) is 2.80. The van der Waals surface area contributed by atoms with Crippen molar-refractivity contribution in [2.45, 2.75) is 19.8 Å². The average molecular weight is 267 g/mol. The highest BCUT2D eigenvalue weighted by Crippen LogP contribution is 2.15. The molecule has 0 heterocycles.